The Labute approximate surface area is 338 Å². The average Bonchev–Trinajstić information content (AvgIpc) is 3.80. The fourth-order valence-electron chi connectivity index (χ4n) is 9.25. The summed E-state index contributed by atoms with van der Waals surface area (Å²) in [6.07, 6.45) is 0. The summed E-state index contributed by atoms with van der Waals surface area (Å²) in [6, 6.07) is 78.7. The smallest absolute Gasteiger partial charge is 0.139 e. The zero-order valence-electron chi connectivity index (χ0n) is 32.1. The second-order valence-electron chi connectivity index (χ2n) is 15.4. The van der Waals surface area contributed by atoms with Crippen molar-refractivity contribution in [1.82, 2.24) is 0 Å². The highest BCUT2D eigenvalue weighted by Gasteiger charge is 2.42. The van der Waals surface area contributed by atoms with Gasteiger partial charge in [-0.25, -0.2) is 0 Å². The van der Waals surface area contributed by atoms with Gasteiger partial charge in [0.05, 0.1) is 0 Å². The molecule has 0 spiro atoms. The number of nitrogens with zero attached hydrogens (tertiary/aromatic N) is 1. The van der Waals surface area contributed by atoms with E-state index in [-0.39, 0.29) is 5.41 Å². The second-order valence-corrected chi connectivity index (χ2v) is 15.4. The van der Waals surface area contributed by atoms with Crippen molar-refractivity contribution in [3.8, 4) is 44.5 Å². The van der Waals surface area contributed by atoms with E-state index < -0.39 is 0 Å². The maximum absolute atomic E-state index is 6.80. The zero-order valence-corrected chi connectivity index (χ0v) is 32.1. The molecular formula is C56H39NO. The molecular weight excluding hydrogens is 703 g/mol. The van der Waals surface area contributed by atoms with Gasteiger partial charge in [-0.2, -0.15) is 0 Å². The molecule has 0 aliphatic heterocycles. The van der Waals surface area contributed by atoms with E-state index in [2.05, 4.69) is 230 Å². The van der Waals surface area contributed by atoms with Gasteiger partial charge in [-0.05, 0) is 111 Å². The largest absolute Gasteiger partial charge is 0.456 e. The van der Waals surface area contributed by atoms with Crippen molar-refractivity contribution in [2.45, 2.75) is 12.3 Å². The molecule has 1 aliphatic carbocycles. The topological polar surface area (TPSA) is 16.4 Å². The van der Waals surface area contributed by atoms with Gasteiger partial charge in [-0.3, -0.25) is 0 Å². The third kappa shape index (κ3) is 5.49. The van der Waals surface area contributed by atoms with Gasteiger partial charge in [0, 0.05) is 38.8 Å². The molecule has 2 nitrogen and oxygen atoms in total. The quantitative estimate of drug-likeness (QED) is 0.162. The van der Waals surface area contributed by atoms with E-state index in [1.165, 1.54) is 50.1 Å². The third-order valence-corrected chi connectivity index (χ3v) is 12.2. The van der Waals surface area contributed by atoms with Crippen LogP contribution >= 0.6 is 0 Å². The number of para-hydroxylation sites is 1. The van der Waals surface area contributed by atoms with Crippen molar-refractivity contribution in [3.63, 3.8) is 0 Å². The lowest BCUT2D eigenvalue weighted by Crippen LogP contribution is -2.22. The Kier molecular flexibility index (Phi) is 7.97. The lowest BCUT2D eigenvalue weighted by Gasteiger charge is -2.28. The van der Waals surface area contributed by atoms with Crippen molar-refractivity contribution < 1.29 is 4.42 Å². The van der Waals surface area contributed by atoms with E-state index in [9.17, 15) is 0 Å². The summed E-state index contributed by atoms with van der Waals surface area (Å²) in [5, 5.41) is 2.26. The second kappa shape index (κ2) is 13.7. The molecule has 0 bridgehead atoms. The van der Waals surface area contributed by atoms with Crippen molar-refractivity contribution in [2.24, 2.45) is 0 Å². The van der Waals surface area contributed by atoms with Crippen LogP contribution in [0.4, 0.5) is 17.1 Å². The Bertz CT molecular complexity index is 3060. The molecule has 0 saturated heterocycles. The monoisotopic (exact) mass is 741 g/mol. The molecule has 1 aliphatic rings. The highest BCUT2D eigenvalue weighted by atomic mass is 16.3. The van der Waals surface area contributed by atoms with Crippen LogP contribution in [0, 0.1) is 0 Å². The van der Waals surface area contributed by atoms with Crippen molar-refractivity contribution in [2.75, 3.05) is 4.90 Å². The molecule has 0 unspecified atom stereocenters. The molecule has 58 heavy (non-hydrogen) atoms. The van der Waals surface area contributed by atoms with Gasteiger partial charge in [0.15, 0.2) is 0 Å². The molecule has 0 N–H and O–H groups in total. The number of benzene rings is 9. The Balaban J connectivity index is 0.982. The molecule has 0 amide bonds. The number of hydrogen-bond acceptors (Lipinski definition) is 2. The van der Waals surface area contributed by atoms with E-state index in [1.54, 1.807) is 0 Å². The SMILES string of the molecule is CC1(c2cccc3c2oc2ccc(-c4ccc(N(c5ccc(-c6ccccc6)cc5)c5cccc(-c6ccccc6)c5)cc4)cc23)c2ccccc2-c2ccccc21. The Morgan fingerprint density at radius 3 is 1.45 bits per heavy atom. The molecule has 0 radical (unpaired) electrons. The van der Waals surface area contributed by atoms with E-state index in [0.29, 0.717) is 0 Å². The fourth-order valence-corrected chi connectivity index (χ4v) is 9.25. The molecule has 11 rings (SSSR count). The van der Waals surface area contributed by atoms with Crippen molar-refractivity contribution in [1.29, 1.82) is 0 Å². The first-order valence-corrected chi connectivity index (χ1v) is 20.0. The van der Waals surface area contributed by atoms with E-state index in [4.69, 9.17) is 4.42 Å². The fraction of sp³-hybridized carbons (Fsp3) is 0.0357. The highest BCUT2D eigenvalue weighted by molar-refractivity contribution is 6.08. The first kappa shape index (κ1) is 33.9. The predicted octanol–water partition coefficient (Wildman–Crippen LogP) is 15.4. The average molecular weight is 742 g/mol. The Morgan fingerprint density at radius 1 is 0.345 bits per heavy atom. The van der Waals surface area contributed by atoms with Crippen LogP contribution in [0.5, 0.6) is 0 Å². The Morgan fingerprint density at radius 2 is 0.810 bits per heavy atom. The van der Waals surface area contributed by atoms with Crippen LogP contribution in [0.1, 0.15) is 23.6 Å². The minimum Gasteiger partial charge on any atom is -0.456 e. The van der Waals surface area contributed by atoms with Gasteiger partial charge in [-0.15, -0.1) is 0 Å². The number of hydrogen-bond donors (Lipinski definition) is 0. The van der Waals surface area contributed by atoms with Crippen LogP contribution in [-0.2, 0) is 5.41 Å². The molecule has 0 fully saturated rings. The molecule has 1 heterocycles. The van der Waals surface area contributed by atoms with Crippen LogP contribution in [0.15, 0.2) is 223 Å². The molecule has 0 saturated carbocycles. The highest BCUT2D eigenvalue weighted by Crippen LogP contribution is 2.54. The van der Waals surface area contributed by atoms with Crippen molar-refractivity contribution >= 4 is 39.0 Å². The minimum atomic E-state index is -0.340. The number of furan rings is 1. The predicted molar refractivity (Wildman–Crippen MR) is 242 cm³/mol. The van der Waals surface area contributed by atoms with Gasteiger partial charge < -0.3 is 9.32 Å². The summed E-state index contributed by atoms with van der Waals surface area (Å²) in [7, 11) is 0. The number of rotatable bonds is 7. The first-order valence-electron chi connectivity index (χ1n) is 20.0. The minimum absolute atomic E-state index is 0.340. The lowest BCUT2D eigenvalue weighted by atomic mass is 9.74. The van der Waals surface area contributed by atoms with E-state index in [0.717, 1.165) is 50.1 Å². The normalized spacial score (nSPS) is 12.7. The summed E-state index contributed by atoms with van der Waals surface area (Å²) in [6.45, 7) is 2.35. The summed E-state index contributed by atoms with van der Waals surface area (Å²) in [5.41, 5.74) is 18.3. The molecule has 9 aromatic carbocycles. The molecule has 10 aromatic rings. The maximum atomic E-state index is 6.80. The maximum Gasteiger partial charge on any atom is 0.139 e. The van der Waals surface area contributed by atoms with Crippen LogP contribution in [0.2, 0.25) is 0 Å². The van der Waals surface area contributed by atoms with Crippen LogP contribution in [0.25, 0.3) is 66.4 Å². The molecule has 0 atom stereocenters. The van der Waals surface area contributed by atoms with Gasteiger partial charge in [0.1, 0.15) is 11.2 Å². The molecule has 274 valence electrons. The summed E-state index contributed by atoms with van der Waals surface area (Å²) >= 11 is 0. The van der Waals surface area contributed by atoms with E-state index in [1.807, 2.05) is 0 Å². The van der Waals surface area contributed by atoms with Gasteiger partial charge in [0.2, 0.25) is 0 Å². The summed E-state index contributed by atoms with van der Waals surface area (Å²) in [5.74, 6) is 0. The van der Waals surface area contributed by atoms with Crippen LogP contribution in [0.3, 0.4) is 0 Å². The lowest BCUT2D eigenvalue weighted by molar-refractivity contribution is 0.638. The Hall–Kier alpha value is -7.42. The standard InChI is InChI=1S/C56H39NO/c1-56(51-23-10-8-20-47(51)48-21-9-11-24-52(48)56)53-25-13-22-49-50-37-43(30-35-54(50)58-55(49)53)41-28-33-45(34-29-41)57(44-31-26-40(27-32-44)38-14-4-2-5-15-38)46-19-12-18-42(36-46)39-16-6-3-7-17-39/h2-37H,1H3. The number of fused-ring (bicyclic) bond motifs is 6. The van der Waals surface area contributed by atoms with Crippen LogP contribution < -0.4 is 4.90 Å². The van der Waals surface area contributed by atoms with Gasteiger partial charge >= 0.3 is 0 Å². The van der Waals surface area contributed by atoms with Gasteiger partial charge in [0.25, 0.3) is 0 Å². The van der Waals surface area contributed by atoms with Crippen LogP contribution in [-0.4, -0.2) is 0 Å². The number of anilines is 3. The summed E-state index contributed by atoms with van der Waals surface area (Å²) < 4.78 is 6.80. The first-order chi connectivity index (χ1) is 28.6. The molecule has 1 aromatic heterocycles. The van der Waals surface area contributed by atoms with Gasteiger partial charge in [-0.1, -0.05) is 170 Å². The zero-order chi connectivity index (χ0) is 38.6. The summed E-state index contributed by atoms with van der Waals surface area (Å²) in [4.78, 5) is 2.35. The van der Waals surface area contributed by atoms with Crippen molar-refractivity contribution in [3.05, 3.63) is 235 Å². The van der Waals surface area contributed by atoms with E-state index >= 15 is 0 Å². The molecule has 2 heteroatoms. The third-order valence-electron chi connectivity index (χ3n) is 12.2.